The van der Waals surface area contributed by atoms with Crippen LogP contribution in [0.25, 0.3) is 0 Å². The SMILES string of the molecule is COCc1ccc(C(=O)OCC(=O)Nc2ccc(N=Nc3ccccc3)cc2)cc1. The minimum Gasteiger partial charge on any atom is -0.452 e. The average Bonchev–Trinajstić information content (AvgIpc) is 2.78. The Morgan fingerprint density at radius 1 is 0.833 bits per heavy atom. The van der Waals surface area contributed by atoms with Crippen molar-refractivity contribution in [1.29, 1.82) is 0 Å². The van der Waals surface area contributed by atoms with Crippen LogP contribution < -0.4 is 5.32 Å². The fourth-order valence-electron chi connectivity index (χ4n) is 2.54. The van der Waals surface area contributed by atoms with Crippen molar-refractivity contribution in [3.63, 3.8) is 0 Å². The van der Waals surface area contributed by atoms with E-state index in [1.807, 2.05) is 30.3 Å². The molecule has 0 spiro atoms. The van der Waals surface area contributed by atoms with E-state index in [1.165, 1.54) is 0 Å². The molecule has 0 heterocycles. The molecular formula is C23H21N3O4. The molecule has 3 aromatic carbocycles. The largest absolute Gasteiger partial charge is 0.452 e. The van der Waals surface area contributed by atoms with Crippen LogP contribution >= 0.6 is 0 Å². The molecule has 0 saturated carbocycles. The van der Waals surface area contributed by atoms with Gasteiger partial charge in [0.1, 0.15) is 0 Å². The van der Waals surface area contributed by atoms with Gasteiger partial charge in [-0.25, -0.2) is 4.79 Å². The summed E-state index contributed by atoms with van der Waals surface area (Å²) in [4.78, 5) is 24.1. The van der Waals surface area contributed by atoms with E-state index in [1.54, 1.807) is 55.6 Å². The van der Waals surface area contributed by atoms with Gasteiger partial charge in [0, 0.05) is 12.8 Å². The van der Waals surface area contributed by atoms with E-state index in [9.17, 15) is 9.59 Å². The second-order valence-corrected chi connectivity index (χ2v) is 6.34. The molecule has 30 heavy (non-hydrogen) atoms. The zero-order valence-corrected chi connectivity index (χ0v) is 16.4. The smallest absolute Gasteiger partial charge is 0.338 e. The second-order valence-electron chi connectivity index (χ2n) is 6.34. The number of azo groups is 1. The molecule has 0 bridgehead atoms. The van der Waals surface area contributed by atoms with Crippen LogP contribution in [0.4, 0.5) is 17.1 Å². The maximum atomic E-state index is 12.0. The minimum absolute atomic E-state index is 0.371. The second kappa shape index (κ2) is 10.6. The highest BCUT2D eigenvalue weighted by Gasteiger charge is 2.10. The number of nitrogens with zero attached hydrogens (tertiary/aromatic N) is 2. The van der Waals surface area contributed by atoms with Crippen molar-refractivity contribution in [2.45, 2.75) is 6.61 Å². The van der Waals surface area contributed by atoms with Gasteiger partial charge in [0.2, 0.25) is 0 Å². The summed E-state index contributed by atoms with van der Waals surface area (Å²) in [6.45, 7) is 0.0816. The molecule has 0 aliphatic rings. The van der Waals surface area contributed by atoms with Gasteiger partial charge in [0.15, 0.2) is 6.61 Å². The number of carbonyl (C=O) groups is 2. The van der Waals surface area contributed by atoms with E-state index < -0.39 is 11.9 Å². The molecular weight excluding hydrogens is 382 g/mol. The number of amides is 1. The molecule has 7 heteroatoms. The van der Waals surface area contributed by atoms with Gasteiger partial charge in [-0.15, -0.1) is 0 Å². The number of methoxy groups -OCH3 is 1. The first-order valence-electron chi connectivity index (χ1n) is 9.26. The van der Waals surface area contributed by atoms with E-state index in [2.05, 4.69) is 15.5 Å². The zero-order chi connectivity index (χ0) is 21.2. The minimum atomic E-state index is -0.564. The topological polar surface area (TPSA) is 89.3 Å². The van der Waals surface area contributed by atoms with Crippen molar-refractivity contribution in [3.8, 4) is 0 Å². The highest BCUT2D eigenvalue weighted by molar-refractivity contribution is 5.95. The fraction of sp³-hybridized carbons (Fsp3) is 0.130. The third-order valence-corrected chi connectivity index (χ3v) is 4.02. The molecule has 0 unspecified atom stereocenters. The van der Waals surface area contributed by atoms with Crippen LogP contribution in [0.2, 0.25) is 0 Å². The molecule has 0 radical (unpaired) electrons. The van der Waals surface area contributed by atoms with Crippen LogP contribution in [-0.2, 0) is 20.9 Å². The molecule has 7 nitrogen and oxygen atoms in total. The number of nitrogens with one attached hydrogen (secondary N) is 1. The molecule has 0 aromatic heterocycles. The Kier molecular flexibility index (Phi) is 7.40. The predicted molar refractivity (Wildman–Crippen MR) is 113 cm³/mol. The molecule has 1 amide bonds. The highest BCUT2D eigenvalue weighted by atomic mass is 16.5. The Balaban J connectivity index is 1.47. The van der Waals surface area contributed by atoms with Crippen molar-refractivity contribution in [3.05, 3.63) is 90.0 Å². The first kappa shape index (κ1) is 20.9. The molecule has 0 atom stereocenters. The van der Waals surface area contributed by atoms with Crippen LogP contribution in [-0.4, -0.2) is 25.6 Å². The third-order valence-electron chi connectivity index (χ3n) is 4.02. The first-order chi connectivity index (χ1) is 14.6. The van der Waals surface area contributed by atoms with Gasteiger partial charge in [-0.3, -0.25) is 4.79 Å². The Labute approximate surface area is 174 Å². The third kappa shape index (κ3) is 6.35. The van der Waals surface area contributed by atoms with Crippen molar-refractivity contribution in [1.82, 2.24) is 0 Å². The molecule has 0 aliphatic heterocycles. The summed E-state index contributed by atoms with van der Waals surface area (Å²) in [5, 5.41) is 10.9. The first-order valence-corrected chi connectivity index (χ1v) is 9.26. The van der Waals surface area contributed by atoms with E-state index in [-0.39, 0.29) is 6.61 Å². The summed E-state index contributed by atoms with van der Waals surface area (Å²) in [5.41, 5.74) is 3.29. The molecule has 152 valence electrons. The van der Waals surface area contributed by atoms with E-state index >= 15 is 0 Å². The number of benzene rings is 3. The van der Waals surface area contributed by atoms with Crippen LogP contribution in [0.15, 0.2) is 89.1 Å². The van der Waals surface area contributed by atoms with Crippen LogP contribution in [0.5, 0.6) is 0 Å². The lowest BCUT2D eigenvalue weighted by molar-refractivity contribution is -0.119. The maximum absolute atomic E-state index is 12.0. The average molecular weight is 403 g/mol. The number of hydrogen-bond acceptors (Lipinski definition) is 6. The Hall–Kier alpha value is -3.84. The molecule has 0 fully saturated rings. The lowest BCUT2D eigenvalue weighted by Crippen LogP contribution is -2.20. The monoisotopic (exact) mass is 403 g/mol. The Morgan fingerprint density at radius 3 is 2.10 bits per heavy atom. The van der Waals surface area contributed by atoms with Gasteiger partial charge in [-0.05, 0) is 54.1 Å². The van der Waals surface area contributed by atoms with Crippen molar-refractivity contribution < 1.29 is 19.1 Å². The molecule has 0 aliphatic carbocycles. The van der Waals surface area contributed by atoms with E-state index in [0.717, 1.165) is 11.3 Å². The maximum Gasteiger partial charge on any atom is 0.338 e. The van der Waals surface area contributed by atoms with Gasteiger partial charge in [-0.1, -0.05) is 30.3 Å². The lowest BCUT2D eigenvalue weighted by atomic mass is 10.1. The van der Waals surface area contributed by atoms with E-state index in [0.29, 0.717) is 23.5 Å². The van der Waals surface area contributed by atoms with Gasteiger partial charge in [-0.2, -0.15) is 10.2 Å². The lowest BCUT2D eigenvalue weighted by Gasteiger charge is -2.07. The van der Waals surface area contributed by atoms with Crippen molar-refractivity contribution in [2.75, 3.05) is 19.0 Å². The standard InChI is InChI=1S/C23H21N3O4/c1-29-15-17-7-9-18(10-8-17)23(28)30-16-22(27)24-19-11-13-21(14-12-19)26-25-20-5-3-2-4-6-20/h2-14H,15-16H2,1H3,(H,24,27). The van der Waals surface area contributed by atoms with Crippen LogP contribution in [0.3, 0.4) is 0 Å². The van der Waals surface area contributed by atoms with Crippen LogP contribution in [0.1, 0.15) is 15.9 Å². The van der Waals surface area contributed by atoms with Crippen molar-refractivity contribution in [2.24, 2.45) is 10.2 Å². The highest BCUT2D eigenvalue weighted by Crippen LogP contribution is 2.20. The number of carbonyl (C=O) groups excluding carboxylic acids is 2. The predicted octanol–water partition coefficient (Wildman–Crippen LogP) is 5.04. The number of anilines is 1. The molecule has 3 rings (SSSR count). The van der Waals surface area contributed by atoms with Gasteiger partial charge in [0.25, 0.3) is 5.91 Å². The quantitative estimate of drug-likeness (QED) is 0.421. The van der Waals surface area contributed by atoms with Crippen molar-refractivity contribution >= 4 is 28.9 Å². The molecule has 1 N–H and O–H groups in total. The summed E-state index contributed by atoms with van der Waals surface area (Å²) in [6.07, 6.45) is 0. The van der Waals surface area contributed by atoms with Crippen LogP contribution in [0, 0.1) is 0 Å². The molecule has 3 aromatic rings. The van der Waals surface area contributed by atoms with Gasteiger partial charge in [0.05, 0.1) is 23.5 Å². The number of ether oxygens (including phenoxy) is 2. The molecule has 0 saturated heterocycles. The number of rotatable bonds is 8. The Morgan fingerprint density at radius 2 is 1.47 bits per heavy atom. The fourth-order valence-corrected chi connectivity index (χ4v) is 2.54. The number of esters is 1. The summed E-state index contributed by atoms with van der Waals surface area (Å²) in [5.74, 6) is -0.996. The van der Waals surface area contributed by atoms with Gasteiger partial charge < -0.3 is 14.8 Å². The summed E-state index contributed by atoms with van der Waals surface area (Å²) in [7, 11) is 1.60. The van der Waals surface area contributed by atoms with E-state index in [4.69, 9.17) is 9.47 Å². The summed E-state index contributed by atoms with van der Waals surface area (Å²) in [6, 6.07) is 23.1. The summed E-state index contributed by atoms with van der Waals surface area (Å²) >= 11 is 0. The Bertz CT molecular complexity index is 1000. The zero-order valence-electron chi connectivity index (χ0n) is 16.4. The normalized spacial score (nSPS) is 10.7. The summed E-state index contributed by atoms with van der Waals surface area (Å²) < 4.78 is 10.1. The van der Waals surface area contributed by atoms with Gasteiger partial charge >= 0.3 is 5.97 Å². The number of hydrogen-bond donors (Lipinski definition) is 1.